The van der Waals surface area contributed by atoms with Crippen molar-refractivity contribution in [3.63, 3.8) is 0 Å². The van der Waals surface area contributed by atoms with Gasteiger partial charge in [0.25, 0.3) is 0 Å². The Morgan fingerprint density at radius 3 is 2.74 bits per heavy atom. The van der Waals surface area contributed by atoms with Crippen LogP contribution in [0.3, 0.4) is 0 Å². The number of carbonyl (C=O) groups is 2. The number of aromatic carboxylic acids is 1. The summed E-state index contributed by atoms with van der Waals surface area (Å²) in [4.78, 5) is 25.0. The van der Waals surface area contributed by atoms with Crippen LogP contribution in [0.1, 0.15) is 33.2 Å². The van der Waals surface area contributed by atoms with Crippen LogP contribution < -0.4 is 9.64 Å². The van der Waals surface area contributed by atoms with Crippen LogP contribution in [0.4, 0.5) is 5.69 Å². The normalized spacial score (nSPS) is 13.2. The van der Waals surface area contributed by atoms with Gasteiger partial charge in [-0.15, -0.1) is 0 Å². The Bertz CT molecular complexity index is 769. The summed E-state index contributed by atoms with van der Waals surface area (Å²) in [6.45, 7) is 3.15. The van der Waals surface area contributed by atoms with Gasteiger partial charge in [0.05, 0.1) is 17.8 Å². The summed E-state index contributed by atoms with van der Waals surface area (Å²) < 4.78 is 5.63. The topological polar surface area (TPSA) is 66.8 Å². The first-order chi connectivity index (χ1) is 11.1. The molecule has 118 valence electrons. The molecule has 1 aliphatic heterocycles. The minimum atomic E-state index is -0.938. The van der Waals surface area contributed by atoms with Gasteiger partial charge in [0, 0.05) is 12.1 Å². The van der Waals surface area contributed by atoms with E-state index < -0.39 is 5.97 Å². The number of ketones is 1. The maximum atomic E-state index is 11.6. The maximum Gasteiger partial charge on any atom is 0.336 e. The number of carboxylic acids is 1. The largest absolute Gasteiger partial charge is 0.490 e. The summed E-state index contributed by atoms with van der Waals surface area (Å²) in [6, 6.07) is 12.3. The van der Waals surface area contributed by atoms with Crippen molar-refractivity contribution in [1.82, 2.24) is 0 Å². The van der Waals surface area contributed by atoms with Gasteiger partial charge in [-0.05, 0) is 36.8 Å². The third kappa shape index (κ3) is 3.04. The van der Waals surface area contributed by atoms with Crippen LogP contribution in [0.25, 0.3) is 0 Å². The first-order valence-electron chi connectivity index (χ1n) is 7.40. The lowest BCUT2D eigenvalue weighted by Crippen LogP contribution is -2.32. The highest BCUT2D eigenvalue weighted by atomic mass is 16.5. The summed E-state index contributed by atoms with van der Waals surface area (Å²) in [5.74, 6) is -0.232. The van der Waals surface area contributed by atoms with E-state index in [9.17, 15) is 14.7 Å². The van der Waals surface area contributed by atoms with E-state index in [4.69, 9.17) is 4.74 Å². The van der Waals surface area contributed by atoms with Crippen LogP contribution in [-0.4, -0.2) is 30.0 Å². The number of anilines is 1. The quantitative estimate of drug-likeness (QED) is 0.879. The molecule has 3 rings (SSSR count). The highest BCUT2D eigenvalue weighted by Crippen LogP contribution is 2.34. The van der Waals surface area contributed by atoms with Crippen molar-refractivity contribution in [2.24, 2.45) is 0 Å². The van der Waals surface area contributed by atoms with Gasteiger partial charge in [-0.25, -0.2) is 4.79 Å². The minimum Gasteiger partial charge on any atom is -0.490 e. The zero-order valence-corrected chi connectivity index (χ0v) is 12.8. The number of rotatable bonds is 4. The number of hydrogen-bond acceptors (Lipinski definition) is 4. The Morgan fingerprint density at radius 2 is 2.00 bits per heavy atom. The molecule has 0 aromatic heterocycles. The molecule has 2 aromatic carbocycles. The molecule has 0 aliphatic carbocycles. The predicted molar refractivity (Wildman–Crippen MR) is 86.4 cm³/mol. The SMILES string of the molecule is CC(=O)c1ccc2c(c1)N(Cc1ccccc1C(=O)O)CCO2. The van der Waals surface area contributed by atoms with Crippen molar-refractivity contribution in [3.8, 4) is 5.75 Å². The number of hydrogen-bond donors (Lipinski definition) is 1. The van der Waals surface area contributed by atoms with Gasteiger partial charge in [0.15, 0.2) is 5.78 Å². The lowest BCUT2D eigenvalue weighted by molar-refractivity contribution is 0.0695. The van der Waals surface area contributed by atoms with Crippen LogP contribution in [0.2, 0.25) is 0 Å². The summed E-state index contributed by atoms with van der Waals surface area (Å²) in [7, 11) is 0. The van der Waals surface area contributed by atoms with E-state index in [0.29, 0.717) is 36.6 Å². The van der Waals surface area contributed by atoms with Gasteiger partial charge in [0.2, 0.25) is 0 Å². The number of nitrogens with zero attached hydrogens (tertiary/aromatic N) is 1. The molecule has 0 saturated heterocycles. The van der Waals surface area contributed by atoms with Crippen molar-refractivity contribution in [1.29, 1.82) is 0 Å². The molecule has 1 N–H and O–H groups in total. The second-order valence-corrected chi connectivity index (χ2v) is 5.47. The van der Waals surface area contributed by atoms with Crippen LogP contribution in [0.15, 0.2) is 42.5 Å². The van der Waals surface area contributed by atoms with E-state index in [2.05, 4.69) is 0 Å². The van der Waals surface area contributed by atoms with E-state index >= 15 is 0 Å². The van der Waals surface area contributed by atoms with E-state index in [1.807, 2.05) is 17.0 Å². The number of fused-ring (bicyclic) bond motifs is 1. The highest BCUT2D eigenvalue weighted by molar-refractivity contribution is 5.95. The molecule has 1 heterocycles. The predicted octanol–water partition coefficient (Wildman–Crippen LogP) is 2.99. The third-order valence-corrected chi connectivity index (χ3v) is 3.93. The molecule has 0 radical (unpaired) electrons. The van der Waals surface area contributed by atoms with Crippen molar-refractivity contribution >= 4 is 17.4 Å². The molecular weight excluding hydrogens is 294 g/mol. The first-order valence-corrected chi connectivity index (χ1v) is 7.40. The molecule has 0 fully saturated rings. The molecule has 0 amide bonds. The van der Waals surface area contributed by atoms with E-state index in [1.165, 1.54) is 6.92 Å². The minimum absolute atomic E-state index is 0.00994. The fraction of sp³-hybridized carbons (Fsp3) is 0.222. The number of carbonyl (C=O) groups excluding carboxylic acids is 1. The van der Waals surface area contributed by atoms with Gasteiger partial charge in [-0.3, -0.25) is 4.79 Å². The molecule has 23 heavy (non-hydrogen) atoms. The smallest absolute Gasteiger partial charge is 0.336 e. The second-order valence-electron chi connectivity index (χ2n) is 5.47. The molecule has 2 aromatic rings. The van der Waals surface area contributed by atoms with Crippen molar-refractivity contribution in [2.75, 3.05) is 18.1 Å². The zero-order chi connectivity index (χ0) is 16.4. The van der Waals surface area contributed by atoms with Crippen molar-refractivity contribution in [3.05, 3.63) is 59.2 Å². The first kappa shape index (κ1) is 15.1. The Kier molecular flexibility index (Phi) is 4.02. The number of ether oxygens (including phenoxy) is 1. The summed E-state index contributed by atoms with van der Waals surface area (Å²) >= 11 is 0. The van der Waals surface area contributed by atoms with Gasteiger partial charge in [0.1, 0.15) is 12.4 Å². The number of carboxylic acid groups (broad SMARTS) is 1. The monoisotopic (exact) mass is 311 g/mol. The standard InChI is InChI=1S/C18H17NO4/c1-12(20)13-6-7-17-16(10-13)19(8-9-23-17)11-14-4-2-3-5-15(14)18(21)22/h2-7,10H,8-9,11H2,1H3,(H,21,22). The molecule has 0 spiro atoms. The average molecular weight is 311 g/mol. The summed E-state index contributed by atoms with van der Waals surface area (Å²) in [6.07, 6.45) is 0. The molecule has 1 aliphatic rings. The Hall–Kier alpha value is -2.82. The summed E-state index contributed by atoms with van der Waals surface area (Å²) in [5.41, 5.74) is 2.47. The molecule has 0 atom stereocenters. The maximum absolute atomic E-state index is 11.6. The fourth-order valence-electron chi connectivity index (χ4n) is 2.73. The van der Waals surface area contributed by atoms with Gasteiger partial charge < -0.3 is 14.7 Å². The average Bonchev–Trinajstić information content (AvgIpc) is 2.55. The number of benzene rings is 2. The highest BCUT2D eigenvalue weighted by Gasteiger charge is 2.21. The Balaban J connectivity index is 1.96. The molecule has 0 unspecified atom stereocenters. The van der Waals surface area contributed by atoms with E-state index in [0.717, 1.165) is 11.3 Å². The zero-order valence-electron chi connectivity index (χ0n) is 12.8. The Morgan fingerprint density at radius 1 is 1.22 bits per heavy atom. The summed E-state index contributed by atoms with van der Waals surface area (Å²) in [5, 5.41) is 9.32. The third-order valence-electron chi connectivity index (χ3n) is 3.93. The fourth-order valence-corrected chi connectivity index (χ4v) is 2.73. The molecular formula is C18H17NO4. The van der Waals surface area contributed by atoms with Crippen LogP contribution in [-0.2, 0) is 6.54 Å². The van der Waals surface area contributed by atoms with Crippen molar-refractivity contribution < 1.29 is 19.4 Å². The van der Waals surface area contributed by atoms with Gasteiger partial charge in [-0.1, -0.05) is 18.2 Å². The van der Waals surface area contributed by atoms with Crippen molar-refractivity contribution in [2.45, 2.75) is 13.5 Å². The molecule has 0 bridgehead atoms. The number of Topliss-reactive ketones (excluding diaryl/α,β-unsaturated/α-hetero) is 1. The second kappa shape index (κ2) is 6.12. The Labute approximate surface area is 134 Å². The lowest BCUT2D eigenvalue weighted by atomic mass is 10.1. The van der Waals surface area contributed by atoms with E-state index in [1.54, 1.807) is 30.3 Å². The van der Waals surface area contributed by atoms with Crippen LogP contribution in [0.5, 0.6) is 5.75 Å². The van der Waals surface area contributed by atoms with Gasteiger partial charge >= 0.3 is 5.97 Å². The van der Waals surface area contributed by atoms with Crippen LogP contribution >= 0.6 is 0 Å². The lowest BCUT2D eigenvalue weighted by Gasteiger charge is -2.32. The van der Waals surface area contributed by atoms with Crippen LogP contribution in [0, 0.1) is 0 Å². The van der Waals surface area contributed by atoms with E-state index in [-0.39, 0.29) is 5.78 Å². The molecule has 5 nitrogen and oxygen atoms in total. The molecule has 0 saturated carbocycles. The van der Waals surface area contributed by atoms with Gasteiger partial charge in [-0.2, -0.15) is 0 Å². The molecule has 5 heteroatoms.